The molecule has 6 heteroatoms. The van der Waals surface area contributed by atoms with Crippen LogP contribution in [-0.4, -0.2) is 41.7 Å². The van der Waals surface area contributed by atoms with Crippen LogP contribution in [0.25, 0.3) is 0 Å². The predicted octanol–water partition coefficient (Wildman–Crippen LogP) is 5.10. The van der Waals surface area contributed by atoms with Crippen molar-refractivity contribution >= 4 is 23.6 Å². The Hall–Kier alpha value is -2.47. The maximum Gasteiger partial charge on any atom is 0.242 e. The van der Waals surface area contributed by atoms with E-state index >= 15 is 0 Å². The highest BCUT2D eigenvalue weighted by Crippen LogP contribution is 2.20. The second-order valence-electron chi connectivity index (χ2n) is 8.87. The predicted molar refractivity (Wildman–Crippen MR) is 135 cm³/mol. The maximum atomic E-state index is 13.3. The van der Waals surface area contributed by atoms with Crippen LogP contribution >= 0.6 is 11.8 Å². The molecule has 1 unspecified atom stereocenters. The Morgan fingerprint density at radius 3 is 2.48 bits per heavy atom. The van der Waals surface area contributed by atoms with E-state index in [0.717, 1.165) is 53.9 Å². The van der Waals surface area contributed by atoms with Crippen molar-refractivity contribution in [3.63, 3.8) is 0 Å². The van der Waals surface area contributed by atoms with Crippen molar-refractivity contribution in [3.8, 4) is 5.75 Å². The van der Waals surface area contributed by atoms with Crippen LogP contribution in [0.2, 0.25) is 0 Å². The summed E-state index contributed by atoms with van der Waals surface area (Å²) in [7, 11) is 1.65. The summed E-state index contributed by atoms with van der Waals surface area (Å²) >= 11 is 1.57. The van der Waals surface area contributed by atoms with Gasteiger partial charge in [-0.15, -0.1) is 11.8 Å². The van der Waals surface area contributed by atoms with E-state index < -0.39 is 6.04 Å². The standard InChI is InChI=1S/C27H36N2O3S/c1-20-8-7-9-23(16-20)17-29(21(2)27(31)28-24-10-5-4-6-11-24)26(30)19-33-18-22-12-14-25(32-3)15-13-22/h7-9,12-16,21,24H,4-6,10-11,17-19H2,1-3H3,(H,28,31). The first-order valence-corrected chi connectivity index (χ1v) is 13.0. The largest absolute Gasteiger partial charge is 0.497 e. The molecule has 0 heterocycles. The number of hydrogen-bond acceptors (Lipinski definition) is 4. The van der Waals surface area contributed by atoms with E-state index in [1.165, 1.54) is 6.42 Å². The smallest absolute Gasteiger partial charge is 0.242 e. The van der Waals surface area contributed by atoms with Crippen LogP contribution in [-0.2, 0) is 21.9 Å². The van der Waals surface area contributed by atoms with Crippen LogP contribution in [0.1, 0.15) is 55.7 Å². The number of rotatable bonds is 10. The molecule has 1 aliphatic rings. The lowest BCUT2D eigenvalue weighted by Gasteiger charge is -2.31. The van der Waals surface area contributed by atoms with E-state index in [9.17, 15) is 9.59 Å². The molecular weight excluding hydrogens is 432 g/mol. The molecule has 33 heavy (non-hydrogen) atoms. The van der Waals surface area contributed by atoms with Crippen LogP contribution in [0.3, 0.4) is 0 Å². The van der Waals surface area contributed by atoms with E-state index in [0.29, 0.717) is 12.3 Å². The van der Waals surface area contributed by atoms with Crippen LogP contribution in [0.15, 0.2) is 48.5 Å². The normalized spacial score (nSPS) is 15.0. The first kappa shape index (κ1) is 25.2. The average Bonchev–Trinajstić information content (AvgIpc) is 2.83. The molecule has 0 radical (unpaired) electrons. The second-order valence-corrected chi connectivity index (χ2v) is 9.86. The molecule has 1 atom stereocenters. The van der Waals surface area contributed by atoms with Crippen molar-refractivity contribution in [1.29, 1.82) is 0 Å². The number of carbonyl (C=O) groups excluding carboxylic acids is 2. The molecule has 0 spiro atoms. The lowest BCUT2D eigenvalue weighted by atomic mass is 9.95. The number of aryl methyl sites for hydroxylation is 1. The van der Waals surface area contributed by atoms with Gasteiger partial charge in [-0.1, -0.05) is 61.2 Å². The van der Waals surface area contributed by atoms with Gasteiger partial charge in [0.1, 0.15) is 11.8 Å². The Bertz CT molecular complexity index is 910. The highest BCUT2D eigenvalue weighted by molar-refractivity contribution is 7.99. The zero-order valence-corrected chi connectivity index (χ0v) is 20.8. The monoisotopic (exact) mass is 468 g/mol. The first-order chi connectivity index (χ1) is 16.0. The molecule has 1 N–H and O–H groups in total. The van der Waals surface area contributed by atoms with Gasteiger partial charge in [0.2, 0.25) is 11.8 Å². The number of hydrogen-bond donors (Lipinski definition) is 1. The van der Waals surface area contributed by atoms with Gasteiger partial charge < -0.3 is 15.0 Å². The lowest BCUT2D eigenvalue weighted by molar-refractivity contribution is -0.139. The fraction of sp³-hybridized carbons (Fsp3) is 0.481. The third kappa shape index (κ3) is 7.81. The summed E-state index contributed by atoms with van der Waals surface area (Å²) in [5, 5.41) is 3.19. The van der Waals surface area contributed by atoms with Gasteiger partial charge in [-0.25, -0.2) is 0 Å². The number of thioether (sulfide) groups is 1. The van der Waals surface area contributed by atoms with Gasteiger partial charge in [-0.2, -0.15) is 0 Å². The van der Waals surface area contributed by atoms with Gasteiger partial charge in [0, 0.05) is 18.3 Å². The molecular formula is C27H36N2O3S. The van der Waals surface area contributed by atoms with Gasteiger partial charge in [0.15, 0.2) is 0 Å². The highest BCUT2D eigenvalue weighted by Gasteiger charge is 2.28. The van der Waals surface area contributed by atoms with Gasteiger partial charge in [-0.3, -0.25) is 9.59 Å². The number of methoxy groups -OCH3 is 1. The maximum absolute atomic E-state index is 13.3. The Balaban J connectivity index is 1.63. The molecule has 1 fully saturated rings. The molecule has 1 aliphatic carbocycles. The van der Waals surface area contributed by atoms with Crippen LogP contribution in [0, 0.1) is 6.92 Å². The van der Waals surface area contributed by atoms with Crippen LogP contribution < -0.4 is 10.1 Å². The summed E-state index contributed by atoms with van der Waals surface area (Å²) in [5.41, 5.74) is 3.33. The summed E-state index contributed by atoms with van der Waals surface area (Å²) in [6, 6.07) is 15.7. The molecule has 2 amide bonds. The number of nitrogens with one attached hydrogen (secondary N) is 1. The third-order valence-electron chi connectivity index (χ3n) is 6.21. The highest BCUT2D eigenvalue weighted by atomic mass is 32.2. The van der Waals surface area contributed by atoms with Crippen molar-refractivity contribution in [2.45, 2.75) is 70.3 Å². The van der Waals surface area contributed by atoms with E-state index in [2.05, 4.69) is 11.4 Å². The number of amides is 2. The summed E-state index contributed by atoms with van der Waals surface area (Å²) in [6.07, 6.45) is 5.62. The van der Waals surface area contributed by atoms with Crippen molar-refractivity contribution < 1.29 is 14.3 Å². The van der Waals surface area contributed by atoms with E-state index in [-0.39, 0.29) is 17.9 Å². The summed E-state index contributed by atoms with van der Waals surface area (Å²) in [4.78, 5) is 28.0. The second kappa shape index (κ2) is 12.7. The lowest BCUT2D eigenvalue weighted by Crippen LogP contribution is -2.50. The molecule has 2 aromatic rings. The van der Waals surface area contributed by atoms with Crippen LogP contribution in [0.5, 0.6) is 5.75 Å². The van der Waals surface area contributed by atoms with Gasteiger partial charge in [0.25, 0.3) is 0 Å². The molecule has 0 aliphatic heterocycles. The summed E-state index contributed by atoms with van der Waals surface area (Å²) in [5.74, 6) is 1.82. The molecule has 2 aromatic carbocycles. The van der Waals surface area contributed by atoms with Crippen molar-refractivity contribution in [2.24, 2.45) is 0 Å². The topological polar surface area (TPSA) is 58.6 Å². The molecule has 178 valence electrons. The Kier molecular flexibility index (Phi) is 9.67. The molecule has 0 saturated heterocycles. The van der Waals surface area contributed by atoms with Crippen molar-refractivity contribution in [3.05, 3.63) is 65.2 Å². The minimum atomic E-state index is -0.512. The minimum absolute atomic E-state index is 0.0127. The summed E-state index contributed by atoms with van der Waals surface area (Å²) in [6.45, 7) is 4.32. The van der Waals surface area contributed by atoms with E-state index in [1.807, 2.05) is 56.3 Å². The Labute approximate surface area is 202 Å². The average molecular weight is 469 g/mol. The molecule has 3 rings (SSSR count). The van der Waals surface area contributed by atoms with E-state index in [1.54, 1.807) is 23.8 Å². The Morgan fingerprint density at radius 1 is 1.09 bits per heavy atom. The van der Waals surface area contributed by atoms with Crippen molar-refractivity contribution in [1.82, 2.24) is 10.2 Å². The SMILES string of the molecule is COc1ccc(CSCC(=O)N(Cc2cccc(C)c2)C(C)C(=O)NC2CCCCC2)cc1. The van der Waals surface area contributed by atoms with Gasteiger partial charge in [-0.05, 0) is 49.9 Å². The quantitative estimate of drug-likeness (QED) is 0.527. The zero-order valence-electron chi connectivity index (χ0n) is 20.0. The zero-order chi connectivity index (χ0) is 23.6. The Morgan fingerprint density at radius 2 is 1.82 bits per heavy atom. The third-order valence-corrected chi connectivity index (χ3v) is 7.20. The van der Waals surface area contributed by atoms with Gasteiger partial charge in [0.05, 0.1) is 12.9 Å². The van der Waals surface area contributed by atoms with Crippen LogP contribution in [0.4, 0.5) is 0 Å². The molecule has 5 nitrogen and oxygen atoms in total. The van der Waals surface area contributed by atoms with E-state index in [4.69, 9.17) is 4.74 Å². The number of benzene rings is 2. The molecule has 1 saturated carbocycles. The van der Waals surface area contributed by atoms with Crippen molar-refractivity contribution in [2.75, 3.05) is 12.9 Å². The van der Waals surface area contributed by atoms with Gasteiger partial charge >= 0.3 is 0 Å². The number of carbonyl (C=O) groups is 2. The first-order valence-electron chi connectivity index (χ1n) is 11.8. The number of ether oxygens (including phenoxy) is 1. The fourth-order valence-corrected chi connectivity index (χ4v) is 5.09. The minimum Gasteiger partial charge on any atom is -0.497 e. The molecule has 0 aromatic heterocycles. The summed E-state index contributed by atoms with van der Waals surface area (Å²) < 4.78 is 5.21. The molecule has 0 bridgehead atoms. The number of nitrogens with zero attached hydrogens (tertiary/aromatic N) is 1. The fourth-order valence-electron chi connectivity index (χ4n) is 4.22.